The number of hydrazone groups is 1. The number of nitrogens with one attached hydrogen (secondary N) is 1. The maximum absolute atomic E-state index is 6.01. The van der Waals surface area contributed by atoms with Crippen molar-refractivity contribution < 1.29 is 9.47 Å². The molecule has 1 saturated carbocycles. The second kappa shape index (κ2) is 7.09. The molecule has 1 aromatic carbocycles. The largest absolute Gasteiger partial charge is 0.493 e. The number of thiocarbonyl (C=S) groups is 1. The summed E-state index contributed by atoms with van der Waals surface area (Å²) < 4.78 is 11.3. The van der Waals surface area contributed by atoms with Gasteiger partial charge in [-0.05, 0) is 61.7 Å². The summed E-state index contributed by atoms with van der Waals surface area (Å²) in [4.78, 5) is 0. The lowest BCUT2D eigenvalue weighted by atomic mass is 10.2. The fourth-order valence-electron chi connectivity index (χ4n) is 2.22. The topological polar surface area (TPSA) is 68.9 Å². The van der Waals surface area contributed by atoms with Gasteiger partial charge >= 0.3 is 0 Å². The van der Waals surface area contributed by atoms with Crippen LogP contribution in [0.15, 0.2) is 23.3 Å². The Morgan fingerprint density at radius 1 is 1.40 bits per heavy atom. The summed E-state index contributed by atoms with van der Waals surface area (Å²) in [6.07, 6.45) is 6.58. The van der Waals surface area contributed by atoms with Gasteiger partial charge in [0.2, 0.25) is 0 Å². The standard InChI is InChI=1S/C14H19N3O2S/c1-18-12-7-6-10(9-16-17-14(15)20)8-13(12)19-11-4-2-3-5-11/h6-9,11H,2-5H2,1H3,(H3,15,17,20). The molecule has 0 spiro atoms. The molecule has 20 heavy (non-hydrogen) atoms. The number of methoxy groups -OCH3 is 1. The lowest BCUT2D eigenvalue weighted by Crippen LogP contribution is -2.24. The fourth-order valence-corrected chi connectivity index (χ4v) is 2.27. The van der Waals surface area contributed by atoms with Gasteiger partial charge in [0, 0.05) is 0 Å². The molecule has 0 heterocycles. The Morgan fingerprint density at radius 3 is 2.80 bits per heavy atom. The zero-order valence-electron chi connectivity index (χ0n) is 11.5. The average molecular weight is 293 g/mol. The van der Waals surface area contributed by atoms with E-state index in [-0.39, 0.29) is 11.2 Å². The van der Waals surface area contributed by atoms with Crippen LogP contribution in [-0.4, -0.2) is 24.5 Å². The summed E-state index contributed by atoms with van der Waals surface area (Å²) in [6, 6.07) is 5.67. The average Bonchev–Trinajstić information content (AvgIpc) is 2.91. The van der Waals surface area contributed by atoms with Crippen molar-refractivity contribution in [3.8, 4) is 11.5 Å². The zero-order chi connectivity index (χ0) is 14.4. The van der Waals surface area contributed by atoms with Crippen LogP contribution >= 0.6 is 12.2 Å². The van der Waals surface area contributed by atoms with Gasteiger partial charge in [0.15, 0.2) is 16.6 Å². The Labute approximate surface area is 124 Å². The molecule has 1 aliphatic carbocycles. The smallest absolute Gasteiger partial charge is 0.184 e. The second-order valence-electron chi connectivity index (χ2n) is 4.67. The highest BCUT2D eigenvalue weighted by Crippen LogP contribution is 2.32. The molecule has 2 rings (SSSR count). The Morgan fingerprint density at radius 2 is 2.15 bits per heavy atom. The van der Waals surface area contributed by atoms with Crippen LogP contribution in [0.3, 0.4) is 0 Å². The minimum absolute atomic E-state index is 0.136. The minimum Gasteiger partial charge on any atom is -0.493 e. The van der Waals surface area contributed by atoms with Gasteiger partial charge in [-0.2, -0.15) is 5.10 Å². The van der Waals surface area contributed by atoms with Crippen molar-refractivity contribution in [1.82, 2.24) is 5.43 Å². The first kappa shape index (κ1) is 14.6. The van der Waals surface area contributed by atoms with Crippen molar-refractivity contribution in [3.05, 3.63) is 23.8 Å². The highest BCUT2D eigenvalue weighted by Gasteiger charge is 2.18. The van der Waals surface area contributed by atoms with Crippen molar-refractivity contribution in [1.29, 1.82) is 0 Å². The van der Waals surface area contributed by atoms with Crippen molar-refractivity contribution in [2.45, 2.75) is 31.8 Å². The van der Waals surface area contributed by atoms with Crippen LogP contribution < -0.4 is 20.6 Å². The van der Waals surface area contributed by atoms with E-state index < -0.39 is 0 Å². The molecule has 1 aromatic rings. The number of ether oxygens (including phenoxy) is 2. The van der Waals surface area contributed by atoms with E-state index in [4.69, 9.17) is 15.2 Å². The van der Waals surface area contributed by atoms with Gasteiger partial charge in [-0.1, -0.05) is 0 Å². The first-order valence-corrected chi connectivity index (χ1v) is 7.03. The number of hydrogen-bond donors (Lipinski definition) is 2. The number of nitrogens with two attached hydrogens (primary N) is 1. The predicted molar refractivity (Wildman–Crippen MR) is 83.4 cm³/mol. The molecular formula is C14H19N3O2S. The molecule has 3 N–H and O–H groups in total. The van der Waals surface area contributed by atoms with Gasteiger partial charge in [-0.25, -0.2) is 0 Å². The summed E-state index contributed by atoms with van der Waals surface area (Å²) in [5, 5.41) is 4.07. The molecule has 5 nitrogen and oxygen atoms in total. The molecule has 0 amide bonds. The zero-order valence-corrected chi connectivity index (χ0v) is 12.3. The number of benzene rings is 1. The highest BCUT2D eigenvalue weighted by molar-refractivity contribution is 7.80. The molecule has 0 aliphatic heterocycles. The van der Waals surface area contributed by atoms with Crippen molar-refractivity contribution >= 4 is 23.5 Å². The maximum Gasteiger partial charge on any atom is 0.184 e. The van der Waals surface area contributed by atoms with E-state index in [0.29, 0.717) is 0 Å². The molecule has 0 bridgehead atoms. The summed E-state index contributed by atoms with van der Waals surface area (Å²) in [7, 11) is 1.64. The van der Waals surface area contributed by atoms with Gasteiger partial charge in [-0.3, -0.25) is 5.43 Å². The lowest BCUT2D eigenvalue weighted by Gasteiger charge is -2.16. The van der Waals surface area contributed by atoms with E-state index in [0.717, 1.165) is 29.9 Å². The molecule has 0 saturated heterocycles. The van der Waals surface area contributed by atoms with Crippen LogP contribution in [0.1, 0.15) is 31.2 Å². The van der Waals surface area contributed by atoms with E-state index in [9.17, 15) is 0 Å². The van der Waals surface area contributed by atoms with E-state index in [2.05, 4.69) is 22.7 Å². The number of hydrogen-bond acceptors (Lipinski definition) is 4. The monoisotopic (exact) mass is 293 g/mol. The predicted octanol–water partition coefficient (Wildman–Crippen LogP) is 2.18. The molecule has 108 valence electrons. The Bertz CT molecular complexity index is 499. The first-order valence-electron chi connectivity index (χ1n) is 6.62. The van der Waals surface area contributed by atoms with Gasteiger partial charge in [0.1, 0.15) is 0 Å². The normalized spacial score (nSPS) is 15.4. The van der Waals surface area contributed by atoms with Crippen molar-refractivity contribution in [3.63, 3.8) is 0 Å². The molecule has 1 fully saturated rings. The Balaban J connectivity index is 2.10. The fraction of sp³-hybridized carbons (Fsp3) is 0.429. The van der Waals surface area contributed by atoms with E-state index in [1.165, 1.54) is 12.8 Å². The van der Waals surface area contributed by atoms with Gasteiger partial charge in [-0.15, -0.1) is 0 Å². The second-order valence-corrected chi connectivity index (χ2v) is 5.11. The van der Waals surface area contributed by atoms with Crippen LogP contribution in [0, 0.1) is 0 Å². The molecule has 1 aliphatic rings. The van der Waals surface area contributed by atoms with Crippen LogP contribution in [0.4, 0.5) is 0 Å². The molecule has 6 heteroatoms. The third kappa shape index (κ3) is 4.09. The van der Waals surface area contributed by atoms with E-state index in [1.54, 1.807) is 13.3 Å². The summed E-state index contributed by atoms with van der Waals surface area (Å²) in [5.41, 5.74) is 8.72. The third-order valence-corrected chi connectivity index (χ3v) is 3.26. The highest BCUT2D eigenvalue weighted by atomic mass is 32.1. The van der Waals surface area contributed by atoms with E-state index in [1.807, 2.05) is 18.2 Å². The number of rotatable bonds is 5. The molecular weight excluding hydrogens is 274 g/mol. The van der Waals surface area contributed by atoms with Crippen LogP contribution in [0.2, 0.25) is 0 Å². The quantitative estimate of drug-likeness (QED) is 0.495. The molecule has 0 unspecified atom stereocenters. The third-order valence-electron chi connectivity index (χ3n) is 3.17. The number of nitrogens with zero attached hydrogens (tertiary/aromatic N) is 1. The molecule has 0 radical (unpaired) electrons. The molecule has 0 aromatic heterocycles. The van der Waals surface area contributed by atoms with Gasteiger partial charge in [0.05, 0.1) is 19.4 Å². The Kier molecular flexibility index (Phi) is 5.17. The molecule has 0 atom stereocenters. The van der Waals surface area contributed by atoms with Crippen molar-refractivity contribution in [2.24, 2.45) is 10.8 Å². The van der Waals surface area contributed by atoms with Crippen molar-refractivity contribution in [2.75, 3.05) is 7.11 Å². The maximum atomic E-state index is 6.01. The van der Waals surface area contributed by atoms with Crippen LogP contribution in [0.25, 0.3) is 0 Å². The lowest BCUT2D eigenvalue weighted by molar-refractivity contribution is 0.201. The van der Waals surface area contributed by atoms with Crippen LogP contribution in [-0.2, 0) is 0 Å². The summed E-state index contributed by atoms with van der Waals surface area (Å²) in [5.74, 6) is 1.48. The van der Waals surface area contributed by atoms with E-state index >= 15 is 0 Å². The summed E-state index contributed by atoms with van der Waals surface area (Å²) >= 11 is 4.68. The van der Waals surface area contributed by atoms with Gasteiger partial charge < -0.3 is 15.2 Å². The summed E-state index contributed by atoms with van der Waals surface area (Å²) in [6.45, 7) is 0. The van der Waals surface area contributed by atoms with Gasteiger partial charge in [0.25, 0.3) is 0 Å². The Hall–Kier alpha value is -1.82. The SMILES string of the molecule is COc1ccc(C=NNC(N)=S)cc1OC1CCCC1. The first-order chi connectivity index (χ1) is 9.69. The van der Waals surface area contributed by atoms with Crippen LogP contribution in [0.5, 0.6) is 11.5 Å². The minimum atomic E-state index is 0.136.